The molecule has 1 atom stereocenters. The molecule has 0 aliphatic rings. The molecule has 5 heteroatoms. The Morgan fingerprint density at radius 2 is 2.00 bits per heavy atom. The molecule has 0 saturated heterocycles. The molecule has 0 aromatic heterocycles. The van der Waals surface area contributed by atoms with Gasteiger partial charge in [-0.05, 0) is 38.8 Å². The van der Waals surface area contributed by atoms with Gasteiger partial charge in [-0.15, -0.1) is 0 Å². The maximum atomic E-state index is 9.40. The molecular formula is C20H35N3O2. The third-order valence-corrected chi connectivity index (χ3v) is 4.04. The largest absolute Gasteiger partial charge is 0.490 e. The van der Waals surface area contributed by atoms with Crippen LogP contribution in [0, 0.1) is 12.3 Å². The molecule has 0 bridgehead atoms. The number of nitrogens with one attached hydrogen (secondary N) is 2. The Balaban J connectivity index is 2.87. The summed E-state index contributed by atoms with van der Waals surface area (Å²) in [5, 5.41) is 15.9. The van der Waals surface area contributed by atoms with E-state index in [1.165, 1.54) is 5.56 Å². The second-order valence-electron chi connectivity index (χ2n) is 7.32. The Morgan fingerprint density at radius 3 is 2.60 bits per heavy atom. The molecule has 1 aromatic carbocycles. The van der Waals surface area contributed by atoms with Crippen molar-refractivity contribution in [2.45, 2.75) is 60.6 Å². The second-order valence-corrected chi connectivity index (χ2v) is 7.32. The van der Waals surface area contributed by atoms with Crippen molar-refractivity contribution in [3.8, 4) is 5.75 Å². The van der Waals surface area contributed by atoms with Crippen LogP contribution in [0.15, 0.2) is 23.2 Å². The highest BCUT2D eigenvalue weighted by Gasteiger charge is 2.16. The third kappa shape index (κ3) is 7.78. The molecular weight excluding hydrogens is 314 g/mol. The molecule has 0 fully saturated rings. The number of aliphatic imine (C=N–C) groups is 1. The highest BCUT2D eigenvalue weighted by molar-refractivity contribution is 5.79. The van der Waals surface area contributed by atoms with Crippen LogP contribution in [0.4, 0.5) is 0 Å². The lowest BCUT2D eigenvalue weighted by molar-refractivity contribution is 0.162. The van der Waals surface area contributed by atoms with Gasteiger partial charge >= 0.3 is 0 Å². The zero-order chi connectivity index (χ0) is 18.9. The number of guanidine groups is 1. The quantitative estimate of drug-likeness (QED) is 0.473. The third-order valence-electron chi connectivity index (χ3n) is 4.04. The fourth-order valence-electron chi connectivity index (χ4n) is 2.09. The molecule has 0 aliphatic carbocycles. The van der Waals surface area contributed by atoms with E-state index < -0.39 is 0 Å². The number of benzene rings is 1. The highest BCUT2D eigenvalue weighted by Crippen LogP contribution is 2.23. The van der Waals surface area contributed by atoms with Crippen molar-refractivity contribution in [2.24, 2.45) is 10.4 Å². The van der Waals surface area contributed by atoms with Crippen LogP contribution in [0.2, 0.25) is 0 Å². The molecule has 142 valence electrons. The van der Waals surface area contributed by atoms with Gasteiger partial charge in [0.05, 0.1) is 12.6 Å². The fraction of sp³-hybridized carbons (Fsp3) is 0.650. The van der Waals surface area contributed by atoms with Gasteiger partial charge in [0.2, 0.25) is 0 Å². The van der Waals surface area contributed by atoms with Crippen molar-refractivity contribution in [3.63, 3.8) is 0 Å². The summed E-state index contributed by atoms with van der Waals surface area (Å²) in [6.45, 7) is 14.5. The molecule has 5 nitrogen and oxygen atoms in total. The van der Waals surface area contributed by atoms with E-state index in [9.17, 15) is 5.11 Å². The minimum Gasteiger partial charge on any atom is -0.490 e. The zero-order valence-corrected chi connectivity index (χ0v) is 16.6. The van der Waals surface area contributed by atoms with Gasteiger partial charge in [-0.25, -0.2) is 4.99 Å². The Kier molecular flexibility index (Phi) is 8.76. The van der Waals surface area contributed by atoms with Gasteiger partial charge in [0.25, 0.3) is 0 Å². The molecule has 0 amide bonds. The lowest BCUT2D eigenvalue weighted by atomic mass is 9.95. The number of hydrogen-bond acceptors (Lipinski definition) is 3. The number of aliphatic hydroxyl groups excluding tert-OH is 1. The van der Waals surface area contributed by atoms with Crippen LogP contribution in [0.25, 0.3) is 0 Å². The maximum absolute atomic E-state index is 9.40. The van der Waals surface area contributed by atoms with Gasteiger partial charge in [-0.1, -0.05) is 32.9 Å². The van der Waals surface area contributed by atoms with Gasteiger partial charge < -0.3 is 20.5 Å². The summed E-state index contributed by atoms with van der Waals surface area (Å²) in [5.74, 6) is 1.66. The number of ether oxygens (including phenoxy) is 1. The Bertz CT molecular complexity index is 556. The van der Waals surface area contributed by atoms with E-state index in [2.05, 4.69) is 54.6 Å². The normalized spacial score (nSPS) is 13.5. The summed E-state index contributed by atoms with van der Waals surface area (Å²) >= 11 is 0. The fourth-order valence-corrected chi connectivity index (χ4v) is 2.09. The first-order valence-electron chi connectivity index (χ1n) is 9.20. The summed E-state index contributed by atoms with van der Waals surface area (Å²) in [6.07, 6.45) is 1.15. The van der Waals surface area contributed by atoms with Crippen molar-refractivity contribution in [1.82, 2.24) is 10.6 Å². The first kappa shape index (κ1) is 21.3. The standard InChI is InChI=1S/C20H35N3O2/c1-7-16(4)25-18-11-15(3)9-10-17(18)12-22-19(21-8-2)23-13-20(5,6)14-24/h9-11,16,24H,7-8,12-14H2,1-6H3,(H2,21,22,23). The molecule has 0 radical (unpaired) electrons. The molecule has 1 aromatic rings. The molecule has 0 heterocycles. The summed E-state index contributed by atoms with van der Waals surface area (Å²) in [7, 11) is 0. The van der Waals surface area contributed by atoms with E-state index in [-0.39, 0.29) is 18.1 Å². The van der Waals surface area contributed by atoms with E-state index in [1.54, 1.807) is 0 Å². The Labute approximate surface area is 152 Å². The van der Waals surface area contributed by atoms with Gasteiger partial charge in [0.1, 0.15) is 5.75 Å². The van der Waals surface area contributed by atoms with Crippen LogP contribution < -0.4 is 15.4 Å². The molecule has 25 heavy (non-hydrogen) atoms. The summed E-state index contributed by atoms with van der Waals surface area (Å²) in [5.41, 5.74) is 2.07. The Hall–Kier alpha value is -1.75. The maximum Gasteiger partial charge on any atom is 0.191 e. The predicted molar refractivity (Wildman–Crippen MR) is 105 cm³/mol. The summed E-state index contributed by atoms with van der Waals surface area (Å²) in [4.78, 5) is 4.68. The number of aryl methyl sites for hydroxylation is 1. The van der Waals surface area contributed by atoms with Crippen molar-refractivity contribution in [2.75, 3.05) is 19.7 Å². The Morgan fingerprint density at radius 1 is 1.28 bits per heavy atom. The van der Waals surface area contributed by atoms with Crippen molar-refractivity contribution < 1.29 is 9.84 Å². The minimum absolute atomic E-state index is 0.129. The molecule has 1 unspecified atom stereocenters. The SMILES string of the molecule is CCNC(=NCc1ccc(C)cc1OC(C)CC)NCC(C)(C)CO. The van der Waals surface area contributed by atoms with Crippen molar-refractivity contribution in [1.29, 1.82) is 0 Å². The lowest BCUT2D eigenvalue weighted by Gasteiger charge is -2.23. The van der Waals surface area contributed by atoms with E-state index in [0.717, 1.165) is 30.2 Å². The van der Waals surface area contributed by atoms with E-state index in [0.29, 0.717) is 13.1 Å². The lowest BCUT2D eigenvalue weighted by Crippen LogP contribution is -2.43. The average Bonchev–Trinajstić information content (AvgIpc) is 2.58. The van der Waals surface area contributed by atoms with Gasteiger partial charge in [-0.3, -0.25) is 0 Å². The topological polar surface area (TPSA) is 65.9 Å². The number of aliphatic hydroxyl groups is 1. The molecule has 0 aliphatic heterocycles. The highest BCUT2D eigenvalue weighted by atomic mass is 16.5. The van der Waals surface area contributed by atoms with Gasteiger partial charge in [-0.2, -0.15) is 0 Å². The molecule has 3 N–H and O–H groups in total. The summed E-state index contributed by atoms with van der Waals surface area (Å²) < 4.78 is 6.06. The van der Waals surface area contributed by atoms with Crippen LogP contribution >= 0.6 is 0 Å². The summed E-state index contributed by atoms with van der Waals surface area (Å²) in [6, 6.07) is 6.24. The predicted octanol–water partition coefficient (Wildman–Crippen LogP) is 3.25. The van der Waals surface area contributed by atoms with E-state index >= 15 is 0 Å². The number of nitrogens with zero attached hydrogens (tertiary/aromatic N) is 1. The number of hydrogen-bond donors (Lipinski definition) is 3. The van der Waals surface area contributed by atoms with Crippen LogP contribution in [0.3, 0.4) is 0 Å². The molecule has 0 saturated carbocycles. The van der Waals surface area contributed by atoms with Crippen molar-refractivity contribution in [3.05, 3.63) is 29.3 Å². The van der Waals surface area contributed by atoms with Crippen LogP contribution in [0.1, 0.15) is 52.2 Å². The first-order chi connectivity index (χ1) is 11.8. The number of rotatable bonds is 9. The van der Waals surface area contributed by atoms with E-state index in [1.807, 2.05) is 20.8 Å². The second kappa shape index (κ2) is 10.3. The van der Waals surface area contributed by atoms with Gasteiger partial charge in [0.15, 0.2) is 5.96 Å². The minimum atomic E-state index is -0.190. The van der Waals surface area contributed by atoms with E-state index in [4.69, 9.17) is 4.74 Å². The molecule has 0 spiro atoms. The van der Waals surface area contributed by atoms with Crippen LogP contribution in [0.5, 0.6) is 5.75 Å². The van der Waals surface area contributed by atoms with Crippen molar-refractivity contribution >= 4 is 5.96 Å². The monoisotopic (exact) mass is 349 g/mol. The van der Waals surface area contributed by atoms with Crippen LogP contribution in [-0.2, 0) is 6.54 Å². The smallest absolute Gasteiger partial charge is 0.191 e. The van der Waals surface area contributed by atoms with Crippen LogP contribution in [-0.4, -0.2) is 36.9 Å². The van der Waals surface area contributed by atoms with Gasteiger partial charge in [0, 0.05) is 30.7 Å². The molecule has 1 rings (SSSR count). The first-order valence-corrected chi connectivity index (χ1v) is 9.20. The zero-order valence-electron chi connectivity index (χ0n) is 16.6. The average molecular weight is 350 g/mol.